The highest BCUT2D eigenvalue weighted by molar-refractivity contribution is 6.04. The highest BCUT2D eigenvalue weighted by Gasteiger charge is 2.41. The fourth-order valence-electron chi connectivity index (χ4n) is 4.92. The van der Waals surface area contributed by atoms with Crippen LogP contribution in [0.2, 0.25) is 0 Å². The Balaban J connectivity index is 1.75. The van der Waals surface area contributed by atoms with Crippen molar-refractivity contribution in [2.24, 2.45) is 0 Å². The van der Waals surface area contributed by atoms with E-state index in [9.17, 15) is 14.7 Å². The van der Waals surface area contributed by atoms with E-state index in [0.29, 0.717) is 54.2 Å². The Hall–Kier alpha value is -3.74. The van der Waals surface area contributed by atoms with Crippen LogP contribution in [0.5, 0.6) is 17.2 Å². The summed E-state index contributed by atoms with van der Waals surface area (Å²) in [7, 11) is 3.18. The number of carbonyl (C=O) groups excluding carboxylic acids is 2. The number of dihydropyridines is 1. The Bertz CT molecular complexity index is 1190. The zero-order valence-electron chi connectivity index (χ0n) is 20.5. The second-order valence-corrected chi connectivity index (χ2v) is 8.86. The van der Waals surface area contributed by atoms with Crippen molar-refractivity contribution >= 4 is 11.8 Å². The third kappa shape index (κ3) is 4.76. The number of hydrogen-bond acceptors (Lipinski definition) is 7. The van der Waals surface area contributed by atoms with Gasteiger partial charge in [-0.2, -0.15) is 0 Å². The molecule has 0 saturated heterocycles. The summed E-state index contributed by atoms with van der Waals surface area (Å²) in [6.45, 7) is 4.08. The first-order valence-electron chi connectivity index (χ1n) is 11.8. The molecule has 0 unspecified atom stereocenters. The van der Waals surface area contributed by atoms with Gasteiger partial charge >= 0.3 is 5.97 Å². The maximum Gasteiger partial charge on any atom is 0.336 e. The Labute approximate surface area is 205 Å². The van der Waals surface area contributed by atoms with Crippen molar-refractivity contribution < 1.29 is 28.9 Å². The van der Waals surface area contributed by atoms with E-state index < -0.39 is 11.9 Å². The van der Waals surface area contributed by atoms with Crippen LogP contribution >= 0.6 is 0 Å². The second-order valence-electron chi connectivity index (χ2n) is 8.86. The van der Waals surface area contributed by atoms with Crippen LogP contribution in [0.25, 0.3) is 0 Å². The van der Waals surface area contributed by atoms with Crippen molar-refractivity contribution in [3.63, 3.8) is 0 Å². The minimum absolute atomic E-state index is 0.0232. The van der Waals surface area contributed by atoms with Crippen molar-refractivity contribution in [2.45, 2.75) is 44.9 Å². The number of phenols is 1. The lowest BCUT2D eigenvalue weighted by molar-refractivity contribution is -0.139. The summed E-state index contributed by atoms with van der Waals surface area (Å²) >= 11 is 0. The quantitative estimate of drug-likeness (QED) is 0.557. The van der Waals surface area contributed by atoms with Crippen LogP contribution in [0.15, 0.2) is 65.0 Å². The number of esters is 1. The Morgan fingerprint density at radius 2 is 1.71 bits per heavy atom. The number of ketones is 1. The molecule has 35 heavy (non-hydrogen) atoms. The first-order chi connectivity index (χ1) is 16.9. The number of aromatic hydroxyl groups is 1. The number of benzene rings is 2. The van der Waals surface area contributed by atoms with E-state index in [4.69, 9.17) is 14.2 Å². The van der Waals surface area contributed by atoms with Gasteiger partial charge in [-0.25, -0.2) is 4.79 Å². The number of methoxy groups -OCH3 is 2. The number of phenolic OH excluding ortho intramolecular Hbond substituents is 1. The third-order valence-corrected chi connectivity index (χ3v) is 6.59. The van der Waals surface area contributed by atoms with E-state index in [-0.39, 0.29) is 17.5 Å². The first kappa shape index (κ1) is 24.4. The summed E-state index contributed by atoms with van der Waals surface area (Å²) in [6, 6.07) is 12.4. The number of Topliss-reactive ketones (excluding diaryl/α,β-unsaturated/α-hetero) is 1. The highest BCUT2D eigenvalue weighted by atomic mass is 16.5. The number of carbonyl (C=O) groups is 2. The molecule has 0 fully saturated rings. The molecule has 2 aliphatic rings. The molecule has 1 heterocycles. The lowest BCUT2D eigenvalue weighted by Crippen LogP contribution is -2.36. The van der Waals surface area contributed by atoms with E-state index >= 15 is 0 Å². The topological polar surface area (TPSA) is 94.1 Å². The van der Waals surface area contributed by atoms with E-state index in [2.05, 4.69) is 5.32 Å². The zero-order valence-corrected chi connectivity index (χ0v) is 20.5. The fourth-order valence-corrected chi connectivity index (χ4v) is 4.92. The van der Waals surface area contributed by atoms with Gasteiger partial charge in [0.25, 0.3) is 0 Å². The number of nitrogens with one attached hydrogen (secondary N) is 1. The molecule has 184 valence electrons. The van der Waals surface area contributed by atoms with Crippen LogP contribution in [0.3, 0.4) is 0 Å². The molecule has 4 rings (SSSR count). The van der Waals surface area contributed by atoms with Gasteiger partial charge in [-0.1, -0.05) is 25.1 Å². The van der Waals surface area contributed by atoms with Gasteiger partial charge in [-0.3, -0.25) is 4.79 Å². The summed E-state index contributed by atoms with van der Waals surface area (Å²) in [4.78, 5) is 26.7. The average Bonchev–Trinajstić information content (AvgIpc) is 2.86. The molecule has 1 aliphatic heterocycles. The van der Waals surface area contributed by atoms with Crippen LogP contribution < -0.4 is 14.8 Å². The Kier molecular flexibility index (Phi) is 7.15. The Morgan fingerprint density at radius 1 is 1.03 bits per heavy atom. The molecule has 0 aromatic heterocycles. The molecule has 0 bridgehead atoms. The molecular formula is C28H31NO6. The Morgan fingerprint density at radius 3 is 2.37 bits per heavy atom. The van der Waals surface area contributed by atoms with E-state index in [0.717, 1.165) is 16.8 Å². The molecule has 0 amide bonds. The SMILES string of the molecule is CCCOC(=O)C1=C(C)NC2=C(C(=O)C[C@H](c3ccc(OC)c(OC)c3)C2)[C@@H]1c1ccc(O)cc1. The van der Waals surface area contributed by atoms with Gasteiger partial charge in [0.15, 0.2) is 17.3 Å². The van der Waals surface area contributed by atoms with Gasteiger partial charge in [0.2, 0.25) is 0 Å². The van der Waals surface area contributed by atoms with E-state index in [1.807, 2.05) is 32.0 Å². The predicted octanol–water partition coefficient (Wildman–Crippen LogP) is 4.72. The fraction of sp³-hybridized carbons (Fsp3) is 0.357. The van der Waals surface area contributed by atoms with Gasteiger partial charge in [0.05, 0.1) is 26.4 Å². The summed E-state index contributed by atoms with van der Waals surface area (Å²) in [6.07, 6.45) is 1.62. The highest BCUT2D eigenvalue weighted by Crippen LogP contribution is 2.46. The zero-order chi connectivity index (χ0) is 25.1. The van der Waals surface area contributed by atoms with Crippen molar-refractivity contribution in [2.75, 3.05) is 20.8 Å². The van der Waals surface area contributed by atoms with Crippen LogP contribution in [-0.4, -0.2) is 37.7 Å². The van der Waals surface area contributed by atoms with Crippen LogP contribution in [0.1, 0.15) is 56.1 Å². The van der Waals surface area contributed by atoms with Crippen molar-refractivity contribution in [3.8, 4) is 17.2 Å². The minimum Gasteiger partial charge on any atom is -0.508 e. The summed E-state index contributed by atoms with van der Waals surface area (Å²) in [5.74, 6) is 0.311. The molecule has 2 atom stereocenters. The molecule has 0 spiro atoms. The van der Waals surface area contributed by atoms with Crippen LogP contribution in [-0.2, 0) is 14.3 Å². The van der Waals surface area contributed by atoms with E-state index in [1.165, 1.54) is 0 Å². The minimum atomic E-state index is -0.560. The summed E-state index contributed by atoms with van der Waals surface area (Å²) in [5.41, 5.74) is 4.24. The lowest BCUT2D eigenvalue weighted by atomic mass is 9.71. The smallest absolute Gasteiger partial charge is 0.336 e. The number of ether oxygens (including phenoxy) is 3. The molecular weight excluding hydrogens is 446 g/mol. The van der Waals surface area contributed by atoms with E-state index in [1.54, 1.807) is 38.5 Å². The molecule has 7 nitrogen and oxygen atoms in total. The predicted molar refractivity (Wildman–Crippen MR) is 131 cm³/mol. The molecule has 2 aromatic carbocycles. The summed E-state index contributed by atoms with van der Waals surface area (Å²) < 4.78 is 16.3. The molecule has 7 heteroatoms. The van der Waals surface area contributed by atoms with Gasteiger partial charge in [-0.15, -0.1) is 0 Å². The number of allylic oxidation sites excluding steroid dienone is 3. The number of hydrogen-bond donors (Lipinski definition) is 2. The number of rotatable bonds is 7. The molecule has 2 N–H and O–H groups in total. The second kappa shape index (κ2) is 10.3. The monoisotopic (exact) mass is 477 g/mol. The average molecular weight is 478 g/mol. The van der Waals surface area contributed by atoms with Gasteiger partial charge in [-0.05, 0) is 61.1 Å². The standard InChI is InChI=1S/C28H31NO6/c1-5-12-35-28(32)25-16(2)29-21-13-19(18-8-11-23(33-3)24(15-18)34-4)14-22(31)27(21)26(25)17-6-9-20(30)10-7-17/h6-11,15,19,26,29-30H,5,12-14H2,1-4H3/t19-,26-/m1/s1. The largest absolute Gasteiger partial charge is 0.508 e. The van der Waals surface area contributed by atoms with Crippen LogP contribution in [0.4, 0.5) is 0 Å². The van der Waals surface area contributed by atoms with Crippen LogP contribution in [0, 0.1) is 0 Å². The first-order valence-corrected chi connectivity index (χ1v) is 11.8. The molecule has 1 aliphatic carbocycles. The van der Waals surface area contributed by atoms with Gasteiger partial charge in [0.1, 0.15) is 5.75 Å². The van der Waals surface area contributed by atoms with Crippen molar-refractivity contribution in [1.29, 1.82) is 0 Å². The lowest BCUT2D eigenvalue weighted by Gasteiger charge is -2.36. The molecule has 0 radical (unpaired) electrons. The van der Waals surface area contributed by atoms with Gasteiger partial charge < -0.3 is 24.6 Å². The molecule has 0 saturated carbocycles. The summed E-state index contributed by atoms with van der Waals surface area (Å²) in [5, 5.41) is 13.2. The van der Waals surface area contributed by atoms with Crippen molar-refractivity contribution in [3.05, 3.63) is 76.1 Å². The van der Waals surface area contributed by atoms with Crippen molar-refractivity contribution in [1.82, 2.24) is 5.32 Å². The maximum atomic E-state index is 13.7. The molecule has 2 aromatic rings. The van der Waals surface area contributed by atoms with Gasteiger partial charge in [0, 0.05) is 29.3 Å². The normalized spacial score (nSPS) is 19.7. The third-order valence-electron chi connectivity index (χ3n) is 6.59. The maximum absolute atomic E-state index is 13.7.